The smallest absolute Gasteiger partial charge is 0.248 e. The molecule has 0 fully saturated rings. The van der Waals surface area contributed by atoms with Gasteiger partial charge >= 0.3 is 0 Å². The number of carbonyl (C=O) groups excluding carboxylic acids is 1. The summed E-state index contributed by atoms with van der Waals surface area (Å²) in [5.74, 6) is 0.650. The van der Waals surface area contributed by atoms with Crippen molar-refractivity contribution < 1.29 is 14.1 Å². The highest BCUT2D eigenvalue weighted by Crippen LogP contribution is 2.20. The van der Waals surface area contributed by atoms with Crippen LogP contribution < -0.4 is 11.1 Å². The van der Waals surface area contributed by atoms with E-state index in [1.165, 1.54) is 7.11 Å². The van der Waals surface area contributed by atoms with Gasteiger partial charge in [-0.3, -0.25) is 4.79 Å². The molecule has 0 saturated heterocycles. The molecule has 0 bridgehead atoms. The van der Waals surface area contributed by atoms with Crippen LogP contribution in [0.5, 0.6) is 0 Å². The molecule has 116 valence electrons. The number of aromatic nitrogens is 2. The molecule has 7 nitrogen and oxygen atoms in total. The second-order valence-corrected chi connectivity index (χ2v) is 5.50. The van der Waals surface area contributed by atoms with E-state index in [0.717, 1.165) is 0 Å². The summed E-state index contributed by atoms with van der Waals surface area (Å²) in [5, 5.41) is 6.61. The number of nitrogens with two attached hydrogens (primary N) is 1. The Hall–Kier alpha value is -1.18. The van der Waals surface area contributed by atoms with Crippen molar-refractivity contribution in [2.75, 3.05) is 13.7 Å². The molecule has 0 saturated carbocycles. The second-order valence-electron chi connectivity index (χ2n) is 5.50. The van der Waals surface area contributed by atoms with Crippen molar-refractivity contribution in [1.82, 2.24) is 15.5 Å². The summed E-state index contributed by atoms with van der Waals surface area (Å²) in [6, 6.07) is -1.10. The van der Waals surface area contributed by atoms with Gasteiger partial charge in [-0.25, -0.2) is 0 Å². The van der Waals surface area contributed by atoms with Gasteiger partial charge in [0.1, 0.15) is 12.1 Å². The molecule has 8 heteroatoms. The summed E-state index contributed by atoms with van der Waals surface area (Å²) in [4.78, 5) is 16.0. The SMILES string of the molecule is COCC(N)C(=O)NC(C)c1nc(C(C)(C)C)no1.Cl. The molecule has 0 aliphatic heterocycles. The quantitative estimate of drug-likeness (QED) is 0.839. The first kappa shape index (κ1) is 18.8. The van der Waals surface area contributed by atoms with Crippen molar-refractivity contribution in [2.24, 2.45) is 5.73 Å². The lowest BCUT2D eigenvalue weighted by Gasteiger charge is -2.14. The first-order valence-corrected chi connectivity index (χ1v) is 6.14. The standard InChI is InChI=1S/C12H22N4O3.ClH/c1-7(14-9(17)8(13)6-18-5)10-15-11(16-19-10)12(2,3)4;/h7-8H,6,13H2,1-5H3,(H,14,17);1H. The van der Waals surface area contributed by atoms with Crippen LogP contribution in [0.3, 0.4) is 0 Å². The molecule has 0 aromatic carbocycles. The Kier molecular flexibility index (Phi) is 7.12. The van der Waals surface area contributed by atoms with Gasteiger partial charge in [0, 0.05) is 12.5 Å². The molecule has 3 N–H and O–H groups in total. The maximum Gasteiger partial charge on any atom is 0.248 e. The van der Waals surface area contributed by atoms with Crippen molar-refractivity contribution in [1.29, 1.82) is 0 Å². The monoisotopic (exact) mass is 306 g/mol. The van der Waals surface area contributed by atoms with E-state index >= 15 is 0 Å². The van der Waals surface area contributed by atoms with E-state index in [1.807, 2.05) is 20.8 Å². The average Bonchev–Trinajstić information content (AvgIpc) is 2.78. The third-order valence-corrected chi connectivity index (χ3v) is 2.52. The van der Waals surface area contributed by atoms with Gasteiger partial charge in [-0.05, 0) is 6.92 Å². The van der Waals surface area contributed by atoms with Crippen LogP contribution in [0.1, 0.15) is 45.5 Å². The van der Waals surface area contributed by atoms with E-state index in [0.29, 0.717) is 11.7 Å². The van der Waals surface area contributed by atoms with Crippen LogP contribution in [-0.4, -0.2) is 35.8 Å². The van der Waals surface area contributed by atoms with Gasteiger partial charge < -0.3 is 20.3 Å². The van der Waals surface area contributed by atoms with Gasteiger partial charge in [-0.15, -0.1) is 12.4 Å². The van der Waals surface area contributed by atoms with Crippen molar-refractivity contribution in [3.63, 3.8) is 0 Å². The number of hydrogen-bond donors (Lipinski definition) is 2. The summed E-state index contributed by atoms with van der Waals surface area (Å²) in [6.45, 7) is 7.88. The predicted molar refractivity (Wildman–Crippen MR) is 76.7 cm³/mol. The maximum absolute atomic E-state index is 11.7. The van der Waals surface area contributed by atoms with Crippen LogP contribution >= 0.6 is 12.4 Å². The van der Waals surface area contributed by atoms with Gasteiger partial charge in [0.05, 0.1) is 6.61 Å². The molecule has 0 aliphatic carbocycles. The highest BCUT2D eigenvalue weighted by Gasteiger charge is 2.24. The number of amides is 1. The predicted octanol–water partition coefficient (Wildman–Crippen LogP) is 0.940. The van der Waals surface area contributed by atoms with Crippen molar-refractivity contribution in [3.05, 3.63) is 11.7 Å². The third kappa shape index (κ3) is 5.07. The van der Waals surface area contributed by atoms with Crippen LogP contribution in [0, 0.1) is 0 Å². The average molecular weight is 307 g/mol. The molecule has 2 atom stereocenters. The van der Waals surface area contributed by atoms with Gasteiger partial charge in [0.25, 0.3) is 0 Å². The largest absolute Gasteiger partial charge is 0.383 e. The van der Waals surface area contributed by atoms with E-state index in [1.54, 1.807) is 6.92 Å². The maximum atomic E-state index is 11.7. The zero-order valence-corrected chi connectivity index (χ0v) is 13.3. The van der Waals surface area contributed by atoms with Crippen LogP contribution in [0.25, 0.3) is 0 Å². The van der Waals surface area contributed by atoms with Gasteiger partial charge in [-0.2, -0.15) is 4.98 Å². The van der Waals surface area contributed by atoms with Crippen molar-refractivity contribution >= 4 is 18.3 Å². The summed E-state index contributed by atoms with van der Waals surface area (Å²) < 4.78 is 9.97. The summed E-state index contributed by atoms with van der Waals surface area (Å²) in [6.07, 6.45) is 0. The first-order valence-electron chi connectivity index (χ1n) is 6.14. The molecule has 0 aliphatic rings. The van der Waals surface area contributed by atoms with Gasteiger partial charge in [0.2, 0.25) is 11.8 Å². The number of carbonyl (C=O) groups is 1. The Bertz CT molecular complexity index is 431. The summed E-state index contributed by atoms with van der Waals surface area (Å²) >= 11 is 0. The lowest BCUT2D eigenvalue weighted by atomic mass is 9.96. The fraction of sp³-hybridized carbons (Fsp3) is 0.750. The number of nitrogens with zero attached hydrogens (tertiary/aromatic N) is 2. The number of methoxy groups -OCH3 is 1. The first-order chi connectivity index (χ1) is 8.75. The second kappa shape index (κ2) is 7.56. The lowest BCUT2D eigenvalue weighted by Crippen LogP contribution is -2.44. The molecule has 2 unspecified atom stereocenters. The molecule has 1 aromatic rings. The van der Waals surface area contributed by atoms with E-state index in [2.05, 4.69) is 15.5 Å². The van der Waals surface area contributed by atoms with E-state index in [4.69, 9.17) is 15.0 Å². The molecule has 1 aromatic heterocycles. The minimum atomic E-state index is -0.711. The molecule has 0 spiro atoms. The highest BCUT2D eigenvalue weighted by atomic mass is 35.5. The molecular formula is C12H23ClN4O3. The van der Waals surface area contributed by atoms with E-state index < -0.39 is 6.04 Å². The Labute approximate surface area is 125 Å². The zero-order chi connectivity index (χ0) is 14.6. The zero-order valence-electron chi connectivity index (χ0n) is 12.5. The van der Waals surface area contributed by atoms with Crippen molar-refractivity contribution in [3.8, 4) is 0 Å². The number of ether oxygens (including phenoxy) is 1. The number of nitrogens with one attached hydrogen (secondary N) is 1. The molecule has 0 radical (unpaired) electrons. The van der Waals surface area contributed by atoms with Crippen LogP contribution in [0.4, 0.5) is 0 Å². The van der Waals surface area contributed by atoms with Gasteiger partial charge in [0.15, 0.2) is 5.82 Å². The summed E-state index contributed by atoms with van der Waals surface area (Å²) in [5.41, 5.74) is 5.43. The Morgan fingerprint density at radius 3 is 2.55 bits per heavy atom. The topological polar surface area (TPSA) is 103 Å². The lowest BCUT2D eigenvalue weighted by molar-refractivity contribution is -0.124. The highest BCUT2D eigenvalue weighted by molar-refractivity contribution is 5.85. The van der Waals surface area contributed by atoms with E-state index in [9.17, 15) is 4.79 Å². The Morgan fingerprint density at radius 1 is 1.50 bits per heavy atom. The number of halogens is 1. The minimum absolute atomic E-state index is 0. The fourth-order valence-electron chi connectivity index (χ4n) is 1.35. The molecule has 1 rings (SSSR count). The summed E-state index contributed by atoms with van der Waals surface area (Å²) in [7, 11) is 1.49. The van der Waals surface area contributed by atoms with E-state index in [-0.39, 0.29) is 36.4 Å². The number of hydrogen-bond acceptors (Lipinski definition) is 6. The van der Waals surface area contributed by atoms with Crippen molar-refractivity contribution in [2.45, 2.75) is 45.2 Å². The minimum Gasteiger partial charge on any atom is -0.383 e. The molecule has 20 heavy (non-hydrogen) atoms. The molecular weight excluding hydrogens is 284 g/mol. The normalized spacial score (nSPS) is 14.3. The third-order valence-electron chi connectivity index (χ3n) is 2.52. The Balaban J connectivity index is 0.00000361. The van der Waals surface area contributed by atoms with Gasteiger partial charge in [-0.1, -0.05) is 25.9 Å². The van der Waals surface area contributed by atoms with Crippen LogP contribution in [-0.2, 0) is 14.9 Å². The number of rotatable bonds is 5. The van der Waals surface area contributed by atoms with Crippen LogP contribution in [0.15, 0.2) is 4.52 Å². The fourth-order valence-corrected chi connectivity index (χ4v) is 1.35. The molecule has 1 amide bonds. The molecule has 1 heterocycles. The Morgan fingerprint density at radius 2 is 2.10 bits per heavy atom. The van der Waals surface area contributed by atoms with Crippen LogP contribution in [0.2, 0.25) is 0 Å².